The summed E-state index contributed by atoms with van der Waals surface area (Å²) in [5.41, 5.74) is 1.37. The zero-order valence-corrected chi connectivity index (χ0v) is 20.2. The normalized spacial score (nSPS) is 11.1. The maximum Gasteiger partial charge on any atom is 0.260 e. The molecule has 0 N–H and O–H groups in total. The van der Waals surface area contributed by atoms with E-state index in [1.807, 2.05) is 31.2 Å². The molecule has 0 atom stereocenters. The number of anilines is 1. The van der Waals surface area contributed by atoms with Crippen LogP contribution in [-0.4, -0.2) is 62.8 Å². The average molecular weight is 458 g/mol. The third kappa shape index (κ3) is 5.31. The third-order valence-electron chi connectivity index (χ3n) is 5.31. The van der Waals surface area contributed by atoms with Crippen molar-refractivity contribution in [3.05, 3.63) is 42.0 Å². The Morgan fingerprint density at radius 1 is 0.969 bits per heavy atom. The van der Waals surface area contributed by atoms with Crippen molar-refractivity contribution in [1.29, 1.82) is 0 Å². The Balaban J connectivity index is 1.97. The van der Waals surface area contributed by atoms with E-state index < -0.39 is 0 Å². The second-order valence-corrected chi connectivity index (χ2v) is 8.12. The zero-order valence-electron chi connectivity index (χ0n) is 19.4. The molecular formula is C24H31N3O4S. The van der Waals surface area contributed by atoms with Crippen LogP contribution in [0.2, 0.25) is 0 Å². The van der Waals surface area contributed by atoms with E-state index in [1.165, 1.54) is 11.3 Å². The molecule has 0 aliphatic carbocycles. The average Bonchev–Trinajstić information content (AvgIpc) is 3.23. The summed E-state index contributed by atoms with van der Waals surface area (Å²) in [6.45, 7) is 9.93. The number of nitrogens with zero attached hydrogens (tertiary/aromatic N) is 3. The number of amides is 1. The van der Waals surface area contributed by atoms with E-state index in [2.05, 4.69) is 18.7 Å². The fourth-order valence-corrected chi connectivity index (χ4v) is 4.44. The molecule has 1 heterocycles. The topological polar surface area (TPSA) is 64.1 Å². The van der Waals surface area contributed by atoms with Gasteiger partial charge in [-0.15, -0.1) is 0 Å². The van der Waals surface area contributed by atoms with Crippen LogP contribution in [0.4, 0.5) is 5.13 Å². The van der Waals surface area contributed by atoms with Gasteiger partial charge in [0.1, 0.15) is 5.75 Å². The molecule has 1 aromatic heterocycles. The van der Waals surface area contributed by atoms with Gasteiger partial charge in [-0.2, -0.15) is 0 Å². The summed E-state index contributed by atoms with van der Waals surface area (Å²) in [5.74, 6) is 1.92. The number of benzene rings is 2. The fourth-order valence-electron chi connectivity index (χ4n) is 3.44. The van der Waals surface area contributed by atoms with Gasteiger partial charge >= 0.3 is 0 Å². The van der Waals surface area contributed by atoms with Gasteiger partial charge in [0.2, 0.25) is 0 Å². The molecular weight excluding hydrogens is 426 g/mol. The number of hydrogen-bond acceptors (Lipinski definition) is 7. The first kappa shape index (κ1) is 23.8. The SMILES string of the molecule is CCOc1ccc(C(=O)N(CCN(CC)CC)c2nc3cc(OC)c(OC)cc3s2)cc1. The maximum atomic E-state index is 13.5. The molecule has 0 saturated heterocycles. The predicted octanol–water partition coefficient (Wildman–Crippen LogP) is 4.70. The van der Waals surface area contributed by atoms with Gasteiger partial charge in [0.05, 0.1) is 31.0 Å². The number of rotatable bonds is 11. The van der Waals surface area contributed by atoms with Crippen LogP contribution >= 0.6 is 11.3 Å². The Morgan fingerprint density at radius 3 is 2.22 bits per heavy atom. The molecule has 8 heteroatoms. The van der Waals surface area contributed by atoms with Crippen LogP contribution in [0.5, 0.6) is 17.2 Å². The van der Waals surface area contributed by atoms with E-state index in [-0.39, 0.29) is 5.91 Å². The Bertz CT molecular complexity index is 991. The van der Waals surface area contributed by atoms with Crippen molar-refractivity contribution in [2.45, 2.75) is 20.8 Å². The molecule has 0 aliphatic rings. The summed E-state index contributed by atoms with van der Waals surface area (Å²) in [6, 6.07) is 11.0. The smallest absolute Gasteiger partial charge is 0.260 e. The molecule has 0 saturated carbocycles. The number of thiazole rings is 1. The van der Waals surface area contributed by atoms with Gasteiger partial charge in [-0.3, -0.25) is 9.69 Å². The van der Waals surface area contributed by atoms with Crippen molar-refractivity contribution in [1.82, 2.24) is 9.88 Å². The summed E-state index contributed by atoms with van der Waals surface area (Å²) in [6.07, 6.45) is 0. The molecule has 3 aromatic rings. The van der Waals surface area contributed by atoms with Crippen LogP contribution in [0.3, 0.4) is 0 Å². The highest BCUT2D eigenvalue weighted by atomic mass is 32.1. The maximum absolute atomic E-state index is 13.5. The minimum Gasteiger partial charge on any atom is -0.494 e. The van der Waals surface area contributed by atoms with Crippen molar-refractivity contribution < 1.29 is 19.0 Å². The first-order valence-corrected chi connectivity index (χ1v) is 11.7. The molecule has 2 aromatic carbocycles. The lowest BCUT2D eigenvalue weighted by molar-refractivity contribution is 0.0983. The molecule has 0 aliphatic heterocycles. The van der Waals surface area contributed by atoms with E-state index in [4.69, 9.17) is 19.2 Å². The largest absolute Gasteiger partial charge is 0.494 e. The number of methoxy groups -OCH3 is 2. The predicted molar refractivity (Wildman–Crippen MR) is 130 cm³/mol. The number of fused-ring (bicyclic) bond motifs is 1. The second-order valence-electron chi connectivity index (χ2n) is 7.11. The van der Waals surface area contributed by atoms with E-state index in [0.717, 1.165) is 35.6 Å². The standard InChI is InChI=1S/C24H31N3O4S/c1-6-26(7-2)13-14-27(23(28)17-9-11-18(12-10-17)31-8-3)24-25-19-15-20(29-4)21(30-5)16-22(19)32-24/h9-12,15-16H,6-8,13-14H2,1-5H3. The lowest BCUT2D eigenvalue weighted by Crippen LogP contribution is -2.38. The summed E-state index contributed by atoms with van der Waals surface area (Å²) in [5, 5.41) is 0.654. The highest BCUT2D eigenvalue weighted by molar-refractivity contribution is 7.22. The summed E-state index contributed by atoms with van der Waals surface area (Å²) >= 11 is 1.47. The first-order valence-electron chi connectivity index (χ1n) is 10.8. The first-order chi connectivity index (χ1) is 15.5. The number of ether oxygens (including phenoxy) is 3. The number of aromatic nitrogens is 1. The third-order valence-corrected chi connectivity index (χ3v) is 6.35. The second kappa shape index (κ2) is 11.2. The molecule has 0 radical (unpaired) electrons. The number of carbonyl (C=O) groups excluding carboxylic acids is 1. The minimum absolute atomic E-state index is 0.0850. The minimum atomic E-state index is -0.0850. The van der Waals surface area contributed by atoms with Crippen LogP contribution in [-0.2, 0) is 0 Å². The Morgan fingerprint density at radius 2 is 1.62 bits per heavy atom. The highest BCUT2D eigenvalue weighted by Gasteiger charge is 2.23. The van der Waals surface area contributed by atoms with E-state index in [1.54, 1.807) is 31.3 Å². The van der Waals surface area contributed by atoms with Crippen molar-refractivity contribution in [2.75, 3.05) is 51.9 Å². The van der Waals surface area contributed by atoms with Crippen molar-refractivity contribution >= 4 is 32.6 Å². The number of carbonyl (C=O) groups is 1. The van der Waals surface area contributed by atoms with Crippen LogP contribution in [0.25, 0.3) is 10.2 Å². The van der Waals surface area contributed by atoms with Crippen molar-refractivity contribution in [3.63, 3.8) is 0 Å². The van der Waals surface area contributed by atoms with Crippen LogP contribution in [0, 0.1) is 0 Å². The molecule has 0 unspecified atom stereocenters. The quantitative estimate of drug-likeness (QED) is 0.416. The van der Waals surface area contributed by atoms with Crippen molar-refractivity contribution in [2.24, 2.45) is 0 Å². The Hall–Kier alpha value is -2.84. The molecule has 7 nitrogen and oxygen atoms in total. The zero-order chi connectivity index (χ0) is 23.1. The number of hydrogen-bond donors (Lipinski definition) is 0. The number of likely N-dealkylation sites (N-methyl/N-ethyl adjacent to an activating group) is 1. The van der Waals surface area contributed by atoms with Gasteiger partial charge in [-0.25, -0.2) is 4.98 Å². The van der Waals surface area contributed by atoms with E-state index in [0.29, 0.717) is 35.3 Å². The Labute approximate surface area is 193 Å². The molecule has 0 fully saturated rings. The van der Waals surface area contributed by atoms with Gasteiger partial charge in [0, 0.05) is 30.8 Å². The Kier molecular flexibility index (Phi) is 8.30. The summed E-state index contributed by atoms with van der Waals surface area (Å²) < 4.78 is 17.3. The van der Waals surface area contributed by atoms with Crippen LogP contribution < -0.4 is 19.1 Å². The fraction of sp³-hybridized carbons (Fsp3) is 0.417. The monoisotopic (exact) mass is 457 g/mol. The van der Waals surface area contributed by atoms with E-state index >= 15 is 0 Å². The lowest BCUT2D eigenvalue weighted by atomic mass is 10.2. The lowest BCUT2D eigenvalue weighted by Gasteiger charge is -2.24. The molecule has 1 amide bonds. The van der Waals surface area contributed by atoms with Gasteiger partial charge in [0.25, 0.3) is 5.91 Å². The van der Waals surface area contributed by atoms with Gasteiger partial charge < -0.3 is 19.1 Å². The molecule has 0 spiro atoms. The molecule has 3 rings (SSSR count). The molecule has 0 bridgehead atoms. The summed E-state index contributed by atoms with van der Waals surface area (Å²) in [4.78, 5) is 22.3. The summed E-state index contributed by atoms with van der Waals surface area (Å²) in [7, 11) is 3.21. The van der Waals surface area contributed by atoms with Gasteiger partial charge in [-0.05, 0) is 44.3 Å². The van der Waals surface area contributed by atoms with Gasteiger partial charge in [0.15, 0.2) is 16.6 Å². The van der Waals surface area contributed by atoms with Crippen molar-refractivity contribution in [3.8, 4) is 17.2 Å². The van der Waals surface area contributed by atoms with Crippen LogP contribution in [0.15, 0.2) is 36.4 Å². The molecule has 172 valence electrons. The van der Waals surface area contributed by atoms with Gasteiger partial charge in [-0.1, -0.05) is 25.2 Å². The van der Waals surface area contributed by atoms with Crippen LogP contribution in [0.1, 0.15) is 31.1 Å². The molecule has 32 heavy (non-hydrogen) atoms. The highest BCUT2D eigenvalue weighted by Crippen LogP contribution is 2.37. The van der Waals surface area contributed by atoms with E-state index in [9.17, 15) is 4.79 Å².